The predicted molar refractivity (Wildman–Crippen MR) is 53.2 cm³/mol. The fraction of sp³-hybridized carbons (Fsp3) is 0.500. The van der Waals surface area contributed by atoms with Gasteiger partial charge in [0, 0.05) is 0 Å². The average Bonchev–Trinajstić information content (AvgIpc) is 1.93. The van der Waals surface area contributed by atoms with Crippen LogP contribution >= 0.6 is 0 Å². The minimum Gasteiger partial charge on any atom is -0.317 e. The van der Waals surface area contributed by atoms with Crippen LogP contribution < -0.4 is 5.32 Å². The molecule has 0 saturated carbocycles. The highest BCUT2D eigenvalue weighted by Crippen LogP contribution is 1.55. The number of hydrogen-bond donors (Lipinski definition) is 1. The molecule has 0 atom stereocenters. The second-order valence-corrected chi connectivity index (χ2v) is 3.40. The van der Waals surface area contributed by atoms with Gasteiger partial charge in [-0.2, -0.15) is 0 Å². The van der Waals surface area contributed by atoms with Gasteiger partial charge in [-0.15, -0.1) is 24.6 Å². The molecule has 60 valence electrons. The molecule has 0 rings (SSSR count). The third kappa shape index (κ3) is 25.4. The third-order valence-corrected chi connectivity index (χ3v) is 1.50. The summed E-state index contributed by atoms with van der Waals surface area (Å²) in [5.74, 6) is 0. The molecule has 10 heavy (non-hydrogen) atoms. The van der Waals surface area contributed by atoms with E-state index >= 15 is 0 Å². The normalized spacial score (nSPS) is 7.40. The summed E-state index contributed by atoms with van der Waals surface area (Å²) in [5, 5.41) is 3.11. The van der Waals surface area contributed by atoms with Crippen molar-refractivity contribution in [3.63, 3.8) is 0 Å². The minimum absolute atomic E-state index is 0.0401. The molecule has 0 aliphatic heterocycles. The maximum Gasteiger partial charge on any atom is 0.0676 e. The van der Waals surface area contributed by atoms with Crippen molar-refractivity contribution < 1.29 is 0 Å². The smallest absolute Gasteiger partial charge is 0.0676 e. The highest BCUT2D eigenvalue weighted by atomic mass is 28.2. The largest absolute Gasteiger partial charge is 0.317 e. The number of hydrogen-bond acceptors (Lipinski definition) is 1. The monoisotopic (exact) mass is 157 g/mol. The predicted octanol–water partition coefficient (Wildman–Crippen LogP) is 1.06. The first-order valence-electron chi connectivity index (χ1n) is 3.75. The standard InChI is InChI=1S/C4H11N.C4H8Si/c2*1-3-5-4-2/h5H,3-4H2,1-2H3;3-4H,1-2,5H2. The Kier molecular flexibility index (Phi) is 19.6. The van der Waals surface area contributed by atoms with E-state index in [9.17, 15) is 0 Å². The zero-order valence-electron chi connectivity index (χ0n) is 7.19. The van der Waals surface area contributed by atoms with Gasteiger partial charge in [-0.1, -0.05) is 13.8 Å². The van der Waals surface area contributed by atoms with Crippen LogP contribution in [0, 0.1) is 0 Å². The van der Waals surface area contributed by atoms with Crippen LogP contribution in [-0.4, -0.2) is 22.6 Å². The molecule has 0 unspecified atom stereocenters. The molecule has 0 amide bonds. The number of rotatable bonds is 4. The summed E-state index contributed by atoms with van der Waals surface area (Å²) in [6.07, 6.45) is 0. The van der Waals surface area contributed by atoms with Gasteiger partial charge in [0.1, 0.15) is 0 Å². The molecule has 0 aromatic carbocycles. The molecule has 0 heterocycles. The van der Waals surface area contributed by atoms with E-state index in [-0.39, 0.29) is 9.52 Å². The summed E-state index contributed by atoms with van der Waals surface area (Å²) in [7, 11) is -0.0401. The van der Waals surface area contributed by atoms with Gasteiger partial charge in [0.2, 0.25) is 0 Å². The molecule has 2 heteroatoms. The van der Waals surface area contributed by atoms with Crippen LogP contribution in [0.2, 0.25) is 0 Å². The molecule has 0 aromatic heterocycles. The SMILES string of the molecule is C=C[SiH2]C=C.CCNCC. The minimum atomic E-state index is -0.0401. The summed E-state index contributed by atoms with van der Waals surface area (Å²) in [5.41, 5.74) is 3.90. The Morgan fingerprint density at radius 2 is 1.60 bits per heavy atom. The molecule has 0 bridgehead atoms. The van der Waals surface area contributed by atoms with Crippen molar-refractivity contribution in [3.05, 3.63) is 24.6 Å². The molecule has 0 fully saturated rings. The Morgan fingerprint density at radius 3 is 1.60 bits per heavy atom. The van der Waals surface area contributed by atoms with Gasteiger partial charge in [0.05, 0.1) is 9.52 Å². The van der Waals surface area contributed by atoms with E-state index < -0.39 is 0 Å². The molecule has 0 aromatic rings. The second kappa shape index (κ2) is 15.9. The fourth-order valence-electron chi connectivity index (χ4n) is 0.368. The highest BCUT2D eigenvalue weighted by Gasteiger charge is 1.62. The van der Waals surface area contributed by atoms with Crippen molar-refractivity contribution >= 4 is 9.52 Å². The van der Waals surface area contributed by atoms with E-state index in [4.69, 9.17) is 0 Å². The summed E-state index contributed by atoms with van der Waals surface area (Å²) in [6.45, 7) is 13.5. The summed E-state index contributed by atoms with van der Waals surface area (Å²) >= 11 is 0. The van der Waals surface area contributed by atoms with E-state index in [1.165, 1.54) is 0 Å². The van der Waals surface area contributed by atoms with Crippen molar-refractivity contribution in [1.29, 1.82) is 0 Å². The molecular formula is C8H19NSi. The van der Waals surface area contributed by atoms with Gasteiger partial charge in [-0.05, 0) is 13.1 Å². The first-order chi connectivity index (χ1) is 4.83. The lowest BCUT2D eigenvalue weighted by atomic mass is 10.7. The molecule has 0 aliphatic rings. The van der Waals surface area contributed by atoms with E-state index in [0.717, 1.165) is 13.1 Å². The van der Waals surface area contributed by atoms with Crippen LogP contribution in [-0.2, 0) is 0 Å². The van der Waals surface area contributed by atoms with E-state index in [1.807, 2.05) is 11.4 Å². The van der Waals surface area contributed by atoms with Crippen molar-refractivity contribution in [2.75, 3.05) is 13.1 Å². The van der Waals surface area contributed by atoms with E-state index in [0.29, 0.717) is 0 Å². The molecular weight excluding hydrogens is 138 g/mol. The van der Waals surface area contributed by atoms with Gasteiger partial charge in [-0.25, -0.2) is 0 Å². The Bertz CT molecular complexity index is 63.7. The molecule has 1 nitrogen and oxygen atoms in total. The first kappa shape index (κ1) is 12.3. The maximum atomic E-state index is 3.54. The van der Waals surface area contributed by atoms with Crippen molar-refractivity contribution in [2.24, 2.45) is 0 Å². The molecule has 1 N–H and O–H groups in total. The lowest BCUT2D eigenvalue weighted by molar-refractivity contribution is 0.762. The van der Waals surface area contributed by atoms with Gasteiger partial charge in [0.15, 0.2) is 0 Å². The van der Waals surface area contributed by atoms with E-state index in [1.54, 1.807) is 0 Å². The van der Waals surface area contributed by atoms with Gasteiger partial charge < -0.3 is 5.32 Å². The zero-order chi connectivity index (χ0) is 8.24. The van der Waals surface area contributed by atoms with Gasteiger partial charge in [0.25, 0.3) is 0 Å². The van der Waals surface area contributed by atoms with Crippen LogP contribution in [0.5, 0.6) is 0 Å². The van der Waals surface area contributed by atoms with Crippen molar-refractivity contribution in [1.82, 2.24) is 5.32 Å². The van der Waals surface area contributed by atoms with Crippen LogP contribution in [0.3, 0.4) is 0 Å². The topological polar surface area (TPSA) is 12.0 Å². The quantitative estimate of drug-likeness (QED) is 0.602. The third-order valence-electron chi connectivity index (χ3n) is 0.833. The number of nitrogens with one attached hydrogen (secondary N) is 1. The zero-order valence-corrected chi connectivity index (χ0v) is 8.60. The summed E-state index contributed by atoms with van der Waals surface area (Å²) in [6, 6.07) is 0. The van der Waals surface area contributed by atoms with Crippen LogP contribution in [0.1, 0.15) is 13.8 Å². The van der Waals surface area contributed by atoms with Gasteiger partial charge >= 0.3 is 0 Å². The lowest BCUT2D eigenvalue weighted by Gasteiger charge is -1.86. The van der Waals surface area contributed by atoms with Crippen molar-refractivity contribution in [2.45, 2.75) is 13.8 Å². The van der Waals surface area contributed by atoms with Crippen molar-refractivity contribution in [3.8, 4) is 0 Å². The summed E-state index contributed by atoms with van der Waals surface area (Å²) in [4.78, 5) is 0. The highest BCUT2D eigenvalue weighted by molar-refractivity contribution is 6.47. The Labute approximate surface area is 67.0 Å². The molecule has 0 spiro atoms. The molecule has 0 saturated heterocycles. The van der Waals surface area contributed by atoms with Crippen LogP contribution in [0.4, 0.5) is 0 Å². The molecule has 0 radical (unpaired) electrons. The summed E-state index contributed by atoms with van der Waals surface area (Å²) < 4.78 is 0. The Balaban J connectivity index is 0. The molecule has 0 aliphatic carbocycles. The average molecular weight is 157 g/mol. The Hall–Kier alpha value is -0.343. The van der Waals surface area contributed by atoms with Crippen LogP contribution in [0.15, 0.2) is 24.6 Å². The van der Waals surface area contributed by atoms with Gasteiger partial charge in [-0.3, -0.25) is 0 Å². The van der Waals surface area contributed by atoms with E-state index in [2.05, 4.69) is 32.3 Å². The Morgan fingerprint density at radius 1 is 1.20 bits per heavy atom. The van der Waals surface area contributed by atoms with Crippen LogP contribution in [0.25, 0.3) is 0 Å². The maximum absolute atomic E-state index is 3.54. The fourth-order valence-corrected chi connectivity index (χ4v) is 0.604. The second-order valence-electron chi connectivity index (χ2n) is 1.77. The first-order valence-corrected chi connectivity index (χ1v) is 5.39. The lowest BCUT2D eigenvalue weighted by Crippen LogP contribution is -2.09.